The second kappa shape index (κ2) is 8.66. The predicted molar refractivity (Wildman–Crippen MR) is 99.3 cm³/mol. The number of benzene rings is 1. The van der Waals surface area contributed by atoms with Crippen molar-refractivity contribution in [3.8, 4) is 0 Å². The van der Waals surface area contributed by atoms with Gasteiger partial charge < -0.3 is 10.2 Å². The fourth-order valence-electron chi connectivity index (χ4n) is 3.47. The molecule has 0 aromatic heterocycles. The standard InChI is InChI=1S/C19H23FN2O3S/c20-14-6-8-16(9-7-14)22(19(25)13-10-18(24)26-12-13)11-17(23)21-15-4-2-1-3-5-15/h6-9,13,15H,1-5,10-12H2,(H,21,23)/t13-/m0/s1. The highest BCUT2D eigenvalue weighted by molar-refractivity contribution is 8.14. The highest BCUT2D eigenvalue weighted by Crippen LogP contribution is 2.29. The van der Waals surface area contributed by atoms with E-state index in [4.69, 9.17) is 0 Å². The lowest BCUT2D eigenvalue weighted by Gasteiger charge is -2.27. The molecular formula is C19H23FN2O3S. The zero-order valence-corrected chi connectivity index (χ0v) is 15.4. The van der Waals surface area contributed by atoms with Crippen LogP contribution < -0.4 is 10.2 Å². The molecule has 1 heterocycles. The van der Waals surface area contributed by atoms with Crippen LogP contribution in [0.3, 0.4) is 0 Å². The molecule has 0 unspecified atom stereocenters. The van der Waals surface area contributed by atoms with E-state index < -0.39 is 11.7 Å². The van der Waals surface area contributed by atoms with Crippen LogP contribution in [-0.2, 0) is 14.4 Å². The van der Waals surface area contributed by atoms with Crippen LogP contribution in [0.2, 0.25) is 0 Å². The van der Waals surface area contributed by atoms with Gasteiger partial charge >= 0.3 is 0 Å². The molecule has 140 valence electrons. The van der Waals surface area contributed by atoms with Crippen LogP contribution in [0.4, 0.5) is 10.1 Å². The van der Waals surface area contributed by atoms with E-state index in [-0.39, 0.29) is 35.9 Å². The summed E-state index contributed by atoms with van der Waals surface area (Å²) in [5.41, 5.74) is 0.472. The van der Waals surface area contributed by atoms with Gasteiger partial charge in [0.1, 0.15) is 12.4 Å². The molecule has 1 atom stereocenters. The number of hydrogen-bond donors (Lipinski definition) is 1. The molecule has 0 bridgehead atoms. The third-order valence-electron chi connectivity index (χ3n) is 4.88. The summed E-state index contributed by atoms with van der Waals surface area (Å²) >= 11 is 1.15. The molecule has 2 amide bonds. The van der Waals surface area contributed by atoms with E-state index in [2.05, 4.69) is 5.32 Å². The zero-order chi connectivity index (χ0) is 18.5. The van der Waals surface area contributed by atoms with E-state index >= 15 is 0 Å². The Morgan fingerprint density at radius 2 is 1.85 bits per heavy atom. The van der Waals surface area contributed by atoms with E-state index in [1.807, 2.05) is 0 Å². The molecular weight excluding hydrogens is 355 g/mol. The fraction of sp³-hybridized carbons (Fsp3) is 0.526. The zero-order valence-electron chi connectivity index (χ0n) is 14.6. The lowest BCUT2D eigenvalue weighted by molar-refractivity contribution is -0.126. The van der Waals surface area contributed by atoms with Crippen molar-refractivity contribution in [2.24, 2.45) is 5.92 Å². The van der Waals surface area contributed by atoms with Crippen molar-refractivity contribution in [2.75, 3.05) is 17.2 Å². The van der Waals surface area contributed by atoms with Crippen molar-refractivity contribution in [3.05, 3.63) is 30.1 Å². The molecule has 26 heavy (non-hydrogen) atoms. The smallest absolute Gasteiger partial charge is 0.240 e. The number of anilines is 1. The summed E-state index contributed by atoms with van der Waals surface area (Å²) in [4.78, 5) is 38.3. The molecule has 2 fully saturated rings. The second-order valence-corrected chi connectivity index (χ2v) is 7.96. The molecule has 1 saturated carbocycles. The van der Waals surface area contributed by atoms with Crippen molar-refractivity contribution in [1.29, 1.82) is 0 Å². The van der Waals surface area contributed by atoms with Gasteiger partial charge in [-0.05, 0) is 37.1 Å². The average molecular weight is 378 g/mol. The minimum absolute atomic E-state index is 0.00550. The van der Waals surface area contributed by atoms with Gasteiger partial charge in [-0.2, -0.15) is 0 Å². The maximum atomic E-state index is 13.2. The summed E-state index contributed by atoms with van der Waals surface area (Å²) in [6, 6.07) is 5.67. The van der Waals surface area contributed by atoms with Crippen LogP contribution in [0, 0.1) is 11.7 Å². The summed E-state index contributed by atoms with van der Waals surface area (Å²) in [5.74, 6) is -0.876. The molecule has 1 N–H and O–H groups in total. The summed E-state index contributed by atoms with van der Waals surface area (Å²) < 4.78 is 13.2. The maximum absolute atomic E-state index is 13.2. The highest BCUT2D eigenvalue weighted by Gasteiger charge is 2.34. The first-order valence-electron chi connectivity index (χ1n) is 9.05. The molecule has 1 aliphatic carbocycles. The van der Waals surface area contributed by atoms with Crippen LogP contribution in [0.25, 0.3) is 0 Å². The van der Waals surface area contributed by atoms with E-state index in [0.717, 1.165) is 37.4 Å². The molecule has 7 heteroatoms. The van der Waals surface area contributed by atoms with Crippen LogP contribution in [0.5, 0.6) is 0 Å². The van der Waals surface area contributed by atoms with Crippen LogP contribution in [0.15, 0.2) is 24.3 Å². The molecule has 2 aliphatic rings. The molecule has 5 nitrogen and oxygen atoms in total. The molecule has 1 aliphatic heterocycles. The van der Waals surface area contributed by atoms with Gasteiger partial charge in [-0.3, -0.25) is 14.4 Å². The van der Waals surface area contributed by atoms with Crippen LogP contribution in [0.1, 0.15) is 38.5 Å². The van der Waals surface area contributed by atoms with Gasteiger partial charge in [0.2, 0.25) is 11.8 Å². The molecule has 3 rings (SSSR count). The molecule has 1 saturated heterocycles. The normalized spacial score (nSPS) is 20.8. The molecule has 1 aromatic carbocycles. The SMILES string of the molecule is O=C(CN(C(=O)[C@@H]1CSC(=O)C1)c1ccc(F)cc1)NC1CCCCC1. The Labute approximate surface area is 156 Å². The lowest BCUT2D eigenvalue weighted by atomic mass is 9.95. The Morgan fingerprint density at radius 1 is 1.15 bits per heavy atom. The first-order chi connectivity index (χ1) is 12.5. The van der Waals surface area contributed by atoms with E-state index in [1.54, 1.807) is 0 Å². The van der Waals surface area contributed by atoms with E-state index in [1.165, 1.54) is 35.6 Å². The van der Waals surface area contributed by atoms with Gasteiger partial charge in [0.25, 0.3) is 0 Å². The quantitative estimate of drug-likeness (QED) is 0.856. The minimum Gasteiger partial charge on any atom is -0.352 e. The Hall–Kier alpha value is -1.89. The third-order valence-corrected chi connectivity index (χ3v) is 5.94. The average Bonchev–Trinajstić information content (AvgIpc) is 3.07. The minimum atomic E-state index is -0.431. The van der Waals surface area contributed by atoms with Gasteiger partial charge in [-0.25, -0.2) is 4.39 Å². The van der Waals surface area contributed by atoms with Crippen LogP contribution >= 0.6 is 11.8 Å². The van der Waals surface area contributed by atoms with Crippen molar-refractivity contribution in [3.63, 3.8) is 0 Å². The summed E-state index contributed by atoms with van der Waals surface area (Å²) in [6.45, 7) is -0.115. The highest BCUT2D eigenvalue weighted by atomic mass is 32.2. The van der Waals surface area contributed by atoms with Crippen molar-refractivity contribution in [1.82, 2.24) is 5.32 Å². The Balaban J connectivity index is 1.71. The number of amides is 2. The van der Waals surface area contributed by atoms with Gasteiger partial charge in [-0.15, -0.1) is 0 Å². The van der Waals surface area contributed by atoms with Gasteiger partial charge in [0.05, 0.1) is 5.92 Å². The van der Waals surface area contributed by atoms with E-state index in [9.17, 15) is 18.8 Å². The number of thioether (sulfide) groups is 1. The Morgan fingerprint density at radius 3 is 2.46 bits per heavy atom. The Bertz CT molecular complexity index is 674. The van der Waals surface area contributed by atoms with Gasteiger partial charge in [0, 0.05) is 23.9 Å². The topological polar surface area (TPSA) is 66.5 Å². The number of rotatable bonds is 5. The summed E-state index contributed by atoms with van der Waals surface area (Å²) in [6.07, 6.45) is 5.51. The Kier molecular flexibility index (Phi) is 6.29. The van der Waals surface area contributed by atoms with Gasteiger partial charge in [-0.1, -0.05) is 31.0 Å². The molecule has 0 radical (unpaired) electrons. The van der Waals surface area contributed by atoms with Crippen molar-refractivity contribution < 1.29 is 18.8 Å². The van der Waals surface area contributed by atoms with Gasteiger partial charge in [0.15, 0.2) is 5.12 Å². The number of carbonyl (C=O) groups is 3. The summed E-state index contributed by atoms with van der Waals surface area (Å²) in [7, 11) is 0. The number of hydrogen-bond acceptors (Lipinski definition) is 4. The number of nitrogens with zero attached hydrogens (tertiary/aromatic N) is 1. The predicted octanol–water partition coefficient (Wildman–Crippen LogP) is 2.89. The molecule has 0 spiro atoms. The molecule has 1 aromatic rings. The monoisotopic (exact) mass is 378 g/mol. The number of halogens is 1. The fourth-order valence-corrected chi connectivity index (χ4v) is 4.44. The third kappa shape index (κ3) is 4.84. The van der Waals surface area contributed by atoms with Crippen molar-refractivity contribution in [2.45, 2.75) is 44.6 Å². The number of nitrogens with one attached hydrogen (secondary N) is 1. The van der Waals surface area contributed by atoms with Crippen molar-refractivity contribution >= 4 is 34.4 Å². The maximum Gasteiger partial charge on any atom is 0.240 e. The summed E-state index contributed by atoms with van der Waals surface area (Å²) in [5, 5.41) is 3.00. The van der Waals surface area contributed by atoms with Crippen LogP contribution in [-0.4, -0.2) is 35.3 Å². The van der Waals surface area contributed by atoms with E-state index in [0.29, 0.717) is 11.4 Å². The largest absolute Gasteiger partial charge is 0.352 e. The lowest BCUT2D eigenvalue weighted by Crippen LogP contribution is -2.46. The number of carbonyl (C=O) groups excluding carboxylic acids is 3. The second-order valence-electron chi connectivity index (χ2n) is 6.89. The first-order valence-corrected chi connectivity index (χ1v) is 10.0. The first kappa shape index (κ1) is 18.9.